The van der Waals surface area contributed by atoms with Crippen molar-refractivity contribution in [2.24, 2.45) is 0 Å². The predicted molar refractivity (Wildman–Crippen MR) is 63.5 cm³/mol. The van der Waals surface area contributed by atoms with E-state index in [2.05, 4.69) is 4.72 Å². The van der Waals surface area contributed by atoms with E-state index in [-0.39, 0.29) is 12.4 Å². The highest BCUT2D eigenvalue weighted by molar-refractivity contribution is 7.88. The van der Waals surface area contributed by atoms with Crippen molar-refractivity contribution in [2.45, 2.75) is 18.7 Å². The van der Waals surface area contributed by atoms with Gasteiger partial charge >= 0.3 is 0 Å². The third kappa shape index (κ3) is 4.15. The zero-order valence-electron chi connectivity index (χ0n) is 9.42. The minimum atomic E-state index is -3.54. The summed E-state index contributed by atoms with van der Waals surface area (Å²) in [6.07, 6.45) is 0. The summed E-state index contributed by atoms with van der Waals surface area (Å²) < 4.78 is 25.7. The Bertz CT molecular complexity index is 520. The number of nitrogens with zero attached hydrogens (tertiary/aromatic N) is 1. The smallest absolute Gasteiger partial charge is 0.216 e. The van der Waals surface area contributed by atoms with Crippen LogP contribution in [0.1, 0.15) is 18.1 Å². The zero-order valence-corrected chi connectivity index (χ0v) is 10.2. The second kappa shape index (κ2) is 5.77. The molecule has 0 fully saturated rings. The third-order valence-electron chi connectivity index (χ3n) is 2.14. The first kappa shape index (κ1) is 13.6. The molecule has 1 aromatic rings. The Labute approximate surface area is 101 Å². The second-order valence-electron chi connectivity index (χ2n) is 3.73. The summed E-state index contributed by atoms with van der Waals surface area (Å²) >= 11 is 0. The van der Waals surface area contributed by atoms with Crippen LogP contribution in [-0.2, 0) is 15.8 Å². The van der Waals surface area contributed by atoms with Crippen LogP contribution in [0.5, 0.6) is 0 Å². The fourth-order valence-electron chi connectivity index (χ4n) is 1.35. The first-order valence-electron chi connectivity index (χ1n) is 5.07. The molecule has 92 valence electrons. The normalized spacial score (nSPS) is 13.0. The Morgan fingerprint density at radius 3 is 2.71 bits per heavy atom. The number of hydrogen-bond acceptors (Lipinski definition) is 4. The molecule has 0 aliphatic rings. The maximum atomic E-state index is 11.7. The third-order valence-corrected chi connectivity index (χ3v) is 3.59. The van der Waals surface area contributed by atoms with Crippen LogP contribution in [-0.4, -0.2) is 26.2 Å². The predicted octanol–water partition coefficient (Wildman–Crippen LogP) is 0.358. The van der Waals surface area contributed by atoms with Gasteiger partial charge in [0.1, 0.15) is 0 Å². The van der Waals surface area contributed by atoms with E-state index in [0.29, 0.717) is 11.1 Å². The molecule has 1 aromatic carbocycles. The standard InChI is InChI=1S/C11H14N2O3S/c1-9(7-14)13-17(15,16)8-11-5-3-2-4-10(11)6-12/h2-5,9,13-14H,7-8H2,1H3/t9-/m0/s1. The van der Waals surface area contributed by atoms with Gasteiger partial charge in [-0.15, -0.1) is 0 Å². The number of aliphatic hydroxyl groups excluding tert-OH is 1. The lowest BCUT2D eigenvalue weighted by Gasteiger charge is -2.11. The summed E-state index contributed by atoms with van der Waals surface area (Å²) in [6, 6.07) is 7.94. The van der Waals surface area contributed by atoms with Crippen LogP contribution in [0.4, 0.5) is 0 Å². The SMILES string of the molecule is C[C@@H](CO)NS(=O)(=O)Cc1ccccc1C#N. The average Bonchev–Trinajstić information content (AvgIpc) is 2.28. The number of nitrogens with one attached hydrogen (secondary N) is 1. The molecule has 0 radical (unpaired) electrons. The van der Waals surface area contributed by atoms with Crippen LogP contribution in [0.3, 0.4) is 0 Å². The van der Waals surface area contributed by atoms with Crippen molar-refractivity contribution >= 4 is 10.0 Å². The molecule has 0 spiro atoms. The van der Waals surface area contributed by atoms with Crippen molar-refractivity contribution in [1.29, 1.82) is 5.26 Å². The van der Waals surface area contributed by atoms with E-state index >= 15 is 0 Å². The van der Waals surface area contributed by atoms with Crippen LogP contribution in [0.25, 0.3) is 0 Å². The Balaban J connectivity index is 2.88. The highest BCUT2D eigenvalue weighted by Crippen LogP contribution is 2.11. The van der Waals surface area contributed by atoms with Gasteiger partial charge < -0.3 is 5.11 Å². The van der Waals surface area contributed by atoms with Crippen LogP contribution < -0.4 is 4.72 Å². The van der Waals surface area contributed by atoms with E-state index in [0.717, 1.165) is 0 Å². The van der Waals surface area contributed by atoms with Gasteiger partial charge in [-0.05, 0) is 18.6 Å². The van der Waals surface area contributed by atoms with Gasteiger partial charge in [0.2, 0.25) is 10.0 Å². The van der Waals surface area contributed by atoms with Crippen LogP contribution in [0.2, 0.25) is 0 Å². The van der Waals surface area contributed by atoms with Crippen molar-refractivity contribution in [1.82, 2.24) is 4.72 Å². The number of benzene rings is 1. The van der Waals surface area contributed by atoms with Gasteiger partial charge in [-0.1, -0.05) is 18.2 Å². The van der Waals surface area contributed by atoms with E-state index in [4.69, 9.17) is 10.4 Å². The van der Waals surface area contributed by atoms with Crippen molar-refractivity contribution in [2.75, 3.05) is 6.61 Å². The molecule has 0 bridgehead atoms. The minimum absolute atomic E-state index is 0.263. The fourth-order valence-corrected chi connectivity index (χ4v) is 2.78. The molecule has 1 atom stereocenters. The maximum Gasteiger partial charge on any atom is 0.216 e. The monoisotopic (exact) mass is 254 g/mol. The molecule has 17 heavy (non-hydrogen) atoms. The molecule has 1 rings (SSSR count). The molecule has 0 heterocycles. The molecular weight excluding hydrogens is 240 g/mol. The summed E-state index contributed by atoms with van der Waals surface area (Å²) in [7, 11) is -3.54. The fraction of sp³-hybridized carbons (Fsp3) is 0.364. The lowest BCUT2D eigenvalue weighted by atomic mass is 10.1. The molecule has 0 aromatic heterocycles. The van der Waals surface area contributed by atoms with E-state index in [1.165, 1.54) is 0 Å². The number of aliphatic hydroxyl groups is 1. The number of sulfonamides is 1. The van der Waals surface area contributed by atoms with Crippen LogP contribution in [0.15, 0.2) is 24.3 Å². The first-order chi connectivity index (χ1) is 7.98. The largest absolute Gasteiger partial charge is 0.395 e. The van der Waals surface area contributed by atoms with Gasteiger partial charge in [-0.2, -0.15) is 5.26 Å². The van der Waals surface area contributed by atoms with Gasteiger partial charge in [-0.3, -0.25) is 0 Å². The topological polar surface area (TPSA) is 90.2 Å². The van der Waals surface area contributed by atoms with Crippen LogP contribution >= 0.6 is 0 Å². The van der Waals surface area contributed by atoms with Gasteiger partial charge in [0.05, 0.1) is 24.0 Å². The average molecular weight is 254 g/mol. The van der Waals surface area contributed by atoms with E-state index < -0.39 is 16.1 Å². The number of hydrogen-bond donors (Lipinski definition) is 2. The first-order valence-corrected chi connectivity index (χ1v) is 6.72. The highest BCUT2D eigenvalue weighted by atomic mass is 32.2. The Morgan fingerprint density at radius 1 is 1.47 bits per heavy atom. The van der Waals surface area contributed by atoms with Crippen LogP contribution in [0, 0.1) is 11.3 Å². The summed E-state index contributed by atoms with van der Waals surface area (Å²) in [5, 5.41) is 17.6. The van der Waals surface area contributed by atoms with Gasteiger partial charge in [-0.25, -0.2) is 13.1 Å². The molecule has 5 nitrogen and oxygen atoms in total. The molecule has 0 aliphatic carbocycles. The second-order valence-corrected chi connectivity index (χ2v) is 5.48. The molecule has 0 aliphatic heterocycles. The highest BCUT2D eigenvalue weighted by Gasteiger charge is 2.16. The quantitative estimate of drug-likeness (QED) is 0.793. The van der Waals surface area contributed by atoms with Gasteiger partial charge in [0.15, 0.2) is 0 Å². The lowest BCUT2D eigenvalue weighted by Crippen LogP contribution is -2.35. The lowest BCUT2D eigenvalue weighted by molar-refractivity contribution is 0.265. The molecule has 0 saturated heterocycles. The van der Waals surface area contributed by atoms with E-state index in [1.54, 1.807) is 31.2 Å². The summed E-state index contributed by atoms with van der Waals surface area (Å²) in [5.74, 6) is -0.263. The van der Waals surface area contributed by atoms with Gasteiger partial charge in [0.25, 0.3) is 0 Å². The molecule has 6 heteroatoms. The van der Waals surface area contributed by atoms with E-state index in [1.807, 2.05) is 6.07 Å². The van der Waals surface area contributed by atoms with E-state index in [9.17, 15) is 8.42 Å². The molecule has 0 saturated carbocycles. The Morgan fingerprint density at radius 2 is 2.12 bits per heavy atom. The number of nitriles is 1. The summed E-state index contributed by atoms with van der Waals surface area (Å²) in [6.45, 7) is 1.30. The minimum Gasteiger partial charge on any atom is -0.395 e. The van der Waals surface area contributed by atoms with Crippen molar-refractivity contribution in [3.8, 4) is 6.07 Å². The summed E-state index contributed by atoms with van der Waals surface area (Å²) in [5.41, 5.74) is 0.794. The molecular formula is C11H14N2O3S. The zero-order chi connectivity index (χ0) is 12.9. The molecule has 2 N–H and O–H groups in total. The summed E-state index contributed by atoms with van der Waals surface area (Å²) in [4.78, 5) is 0. The maximum absolute atomic E-state index is 11.7. The number of rotatable bonds is 5. The van der Waals surface area contributed by atoms with Crippen molar-refractivity contribution in [3.05, 3.63) is 35.4 Å². The molecule has 0 amide bonds. The Kier molecular flexibility index (Phi) is 4.63. The van der Waals surface area contributed by atoms with Gasteiger partial charge in [0, 0.05) is 6.04 Å². The van der Waals surface area contributed by atoms with Crippen molar-refractivity contribution < 1.29 is 13.5 Å². The van der Waals surface area contributed by atoms with Crippen molar-refractivity contribution in [3.63, 3.8) is 0 Å². The molecule has 0 unspecified atom stereocenters. The Hall–Kier alpha value is -1.42.